The lowest BCUT2D eigenvalue weighted by Gasteiger charge is -2.09. The zero-order chi connectivity index (χ0) is 19.0. The van der Waals surface area contributed by atoms with Gasteiger partial charge in [-0.05, 0) is 24.1 Å². The van der Waals surface area contributed by atoms with Crippen LogP contribution >= 0.6 is 0 Å². The van der Waals surface area contributed by atoms with Crippen molar-refractivity contribution in [3.63, 3.8) is 0 Å². The number of imide groups is 1. The van der Waals surface area contributed by atoms with Crippen LogP contribution in [0, 0.1) is 5.92 Å². The summed E-state index contributed by atoms with van der Waals surface area (Å²) in [4.78, 5) is 34.8. The van der Waals surface area contributed by atoms with Crippen molar-refractivity contribution in [3.8, 4) is 0 Å². The lowest BCUT2D eigenvalue weighted by Crippen LogP contribution is -2.42. The predicted octanol–water partition coefficient (Wildman–Crippen LogP) is 0.697. The van der Waals surface area contributed by atoms with E-state index in [0.29, 0.717) is 6.54 Å². The van der Waals surface area contributed by atoms with Gasteiger partial charge in [0, 0.05) is 12.2 Å². The molecule has 0 heterocycles. The van der Waals surface area contributed by atoms with Gasteiger partial charge in [-0.2, -0.15) is 0 Å². The van der Waals surface area contributed by atoms with E-state index in [4.69, 9.17) is 4.74 Å². The van der Waals surface area contributed by atoms with Crippen molar-refractivity contribution in [3.05, 3.63) is 29.8 Å². The van der Waals surface area contributed by atoms with Crippen LogP contribution in [0.2, 0.25) is 0 Å². The maximum atomic E-state index is 11.9. The van der Waals surface area contributed by atoms with Gasteiger partial charge >= 0.3 is 12.0 Å². The molecule has 9 nitrogen and oxygen atoms in total. The average Bonchev–Trinajstić information content (AvgIpc) is 2.49. The third-order valence-electron chi connectivity index (χ3n) is 2.66. The van der Waals surface area contributed by atoms with Gasteiger partial charge in [0.15, 0.2) is 6.61 Å². The summed E-state index contributed by atoms with van der Waals surface area (Å²) in [7, 11) is -3.48. The zero-order valence-corrected chi connectivity index (χ0v) is 15.0. The number of rotatable bonds is 7. The average molecular weight is 371 g/mol. The van der Waals surface area contributed by atoms with Gasteiger partial charge in [-0.15, -0.1) is 0 Å². The Morgan fingerprint density at radius 1 is 1.20 bits per heavy atom. The molecular weight excluding hydrogens is 350 g/mol. The summed E-state index contributed by atoms with van der Waals surface area (Å²) < 4.78 is 29.4. The predicted molar refractivity (Wildman–Crippen MR) is 91.6 cm³/mol. The van der Waals surface area contributed by atoms with E-state index in [9.17, 15) is 22.8 Å². The number of sulfonamides is 1. The number of nitrogens with one attached hydrogen (secondary N) is 3. The minimum absolute atomic E-state index is 0.0608. The number of hydrogen-bond donors (Lipinski definition) is 3. The smallest absolute Gasteiger partial charge is 0.338 e. The van der Waals surface area contributed by atoms with Crippen LogP contribution in [-0.2, 0) is 19.6 Å². The second-order valence-electron chi connectivity index (χ2n) is 5.68. The molecule has 0 aromatic heterocycles. The highest BCUT2D eigenvalue weighted by atomic mass is 32.2. The number of carbonyl (C=O) groups excluding carboxylic acids is 3. The van der Waals surface area contributed by atoms with Gasteiger partial charge in [0.05, 0.1) is 11.8 Å². The number of anilines is 1. The monoisotopic (exact) mass is 371 g/mol. The van der Waals surface area contributed by atoms with Gasteiger partial charge < -0.3 is 10.1 Å². The molecule has 0 saturated carbocycles. The fourth-order valence-corrected chi connectivity index (χ4v) is 2.20. The third kappa shape index (κ3) is 8.70. The maximum Gasteiger partial charge on any atom is 0.338 e. The summed E-state index contributed by atoms with van der Waals surface area (Å²) in [5, 5.41) is 4.51. The zero-order valence-electron chi connectivity index (χ0n) is 14.2. The summed E-state index contributed by atoms with van der Waals surface area (Å²) in [5.41, 5.74) is 0.250. The number of benzene rings is 1. The van der Waals surface area contributed by atoms with Gasteiger partial charge in [0.25, 0.3) is 5.91 Å². The van der Waals surface area contributed by atoms with E-state index in [2.05, 4.69) is 10.0 Å². The highest BCUT2D eigenvalue weighted by molar-refractivity contribution is 7.92. The quantitative estimate of drug-likeness (QED) is 0.605. The molecule has 3 N–H and O–H groups in total. The van der Waals surface area contributed by atoms with E-state index in [-0.39, 0.29) is 17.2 Å². The Bertz CT molecular complexity index is 745. The van der Waals surface area contributed by atoms with E-state index in [1.165, 1.54) is 24.3 Å². The SMILES string of the molecule is CC(C)CNC(=O)NC(=O)COC(=O)c1cccc(NS(C)(=O)=O)c1. The first kappa shape index (κ1) is 20.4. The first-order chi connectivity index (χ1) is 11.6. The summed E-state index contributed by atoms with van der Waals surface area (Å²) in [5.74, 6) is -1.37. The number of hydrogen-bond acceptors (Lipinski definition) is 6. The molecule has 0 fully saturated rings. The van der Waals surface area contributed by atoms with E-state index >= 15 is 0 Å². The lowest BCUT2D eigenvalue weighted by atomic mass is 10.2. The Morgan fingerprint density at radius 3 is 2.48 bits per heavy atom. The molecule has 0 bridgehead atoms. The summed E-state index contributed by atoms with van der Waals surface area (Å²) in [6.45, 7) is 3.56. The molecule has 0 saturated heterocycles. The Hall–Kier alpha value is -2.62. The molecule has 3 amide bonds. The van der Waals surface area contributed by atoms with E-state index in [1.54, 1.807) is 0 Å². The van der Waals surface area contributed by atoms with Crippen LogP contribution in [0.5, 0.6) is 0 Å². The molecule has 10 heteroatoms. The van der Waals surface area contributed by atoms with Gasteiger partial charge in [0.2, 0.25) is 10.0 Å². The molecule has 0 aliphatic carbocycles. The topological polar surface area (TPSA) is 131 Å². The number of ether oxygens (including phenoxy) is 1. The number of esters is 1. The highest BCUT2D eigenvalue weighted by Gasteiger charge is 2.13. The van der Waals surface area contributed by atoms with Crippen molar-refractivity contribution in [2.45, 2.75) is 13.8 Å². The van der Waals surface area contributed by atoms with Crippen molar-refractivity contribution >= 4 is 33.6 Å². The first-order valence-electron chi connectivity index (χ1n) is 7.39. The molecule has 0 aliphatic rings. The third-order valence-corrected chi connectivity index (χ3v) is 3.27. The largest absolute Gasteiger partial charge is 0.452 e. The van der Waals surface area contributed by atoms with Crippen molar-refractivity contribution in [2.24, 2.45) is 5.92 Å². The molecule has 1 rings (SSSR count). The summed E-state index contributed by atoms with van der Waals surface area (Å²) >= 11 is 0. The number of carbonyl (C=O) groups is 3. The lowest BCUT2D eigenvalue weighted by molar-refractivity contribution is -0.123. The van der Waals surface area contributed by atoms with Gasteiger partial charge in [-0.3, -0.25) is 14.8 Å². The summed E-state index contributed by atoms with van der Waals surface area (Å²) in [6, 6.07) is 4.93. The number of urea groups is 1. The Morgan fingerprint density at radius 2 is 1.88 bits per heavy atom. The molecule has 0 aliphatic heterocycles. The number of amides is 3. The first-order valence-corrected chi connectivity index (χ1v) is 9.28. The van der Waals surface area contributed by atoms with Crippen LogP contribution in [0.4, 0.5) is 10.5 Å². The van der Waals surface area contributed by atoms with Crippen molar-refractivity contribution in [1.82, 2.24) is 10.6 Å². The fourth-order valence-electron chi connectivity index (χ4n) is 1.64. The van der Waals surface area contributed by atoms with E-state index in [1.807, 2.05) is 19.2 Å². The molecule has 0 spiro atoms. The molecule has 0 unspecified atom stereocenters. The molecule has 0 radical (unpaired) electrons. The van der Waals surface area contributed by atoms with E-state index < -0.39 is 34.5 Å². The molecule has 0 atom stereocenters. The minimum atomic E-state index is -3.48. The van der Waals surface area contributed by atoms with Crippen molar-refractivity contribution < 1.29 is 27.5 Å². The molecule has 25 heavy (non-hydrogen) atoms. The maximum absolute atomic E-state index is 11.9. The van der Waals surface area contributed by atoms with Crippen LogP contribution in [0.25, 0.3) is 0 Å². The van der Waals surface area contributed by atoms with Crippen LogP contribution in [-0.4, -0.2) is 45.7 Å². The van der Waals surface area contributed by atoms with Crippen LogP contribution < -0.4 is 15.4 Å². The fraction of sp³-hybridized carbons (Fsp3) is 0.400. The van der Waals surface area contributed by atoms with Gasteiger partial charge in [-0.1, -0.05) is 19.9 Å². The Kier molecular flexibility index (Phi) is 7.37. The van der Waals surface area contributed by atoms with Crippen LogP contribution in [0.3, 0.4) is 0 Å². The Labute approximate surface area is 146 Å². The van der Waals surface area contributed by atoms with Crippen molar-refractivity contribution in [2.75, 3.05) is 24.1 Å². The molecular formula is C15H21N3O6S. The Balaban J connectivity index is 2.52. The van der Waals surface area contributed by atoms with Gasteiger partial charge in [-0.25, -0.2) is 18.0 Å². The molecule has 138 valence electrons. The van der Waals surface area contributed by atoms with Crippen LogP contribution in [0.1, 0.15) is 24.2 Å². The normalized spacial score (nSPS) is 10.9. The second kappa shape index (κ2) is 9.02. The van der Waals surface area contributed by atoms with Crippen molar-refractivity contribution in [1.29, 1.82) is 0 Å². The standard InChI is InChI=1S/C15H21N3O6S/c1-10(2)8-16-15(21)17-13(19)9-24-14(20)11-5-4-6-12(7-11)18-25(3,22)23/h4-7,10,18H,8-9H2,1-3H3,(H2,16,17,19,21). The van der Waals surface area contributed by atoms with E-state index in [0.717, 1.165) is 6.26 Å². The van der Waals surface area contributed by atoms with Gasteiger partial charge in [0.1, 0.15) is 0 Å². The highest BCUT2D eigenvalue weighted by Crippen LogP contribution is 2.12. The second-order valence-corrected chi connectivity index (χ2v) is 7.43. The summed E-state index contributed by atoms with van der Waals surface area (Å²) in [6.07, 6.45) is 0.979. The molecule has 1 aromatic carbocycles. The van der Waals surface area contributed by atoms with Crippen LogP contribution in [0.15, 0.2) is 24.3 Å². The molecule has 1 aromatic rings. The minimum Gasteiger partial charge on any atom is -0.452 e.